The molecule has 0 aliphatic heterocycles. The number of fused-ring (bicyclic) bond motifs is 5. The molecule has 0 aromatic carbocycles. The van der Waals surface area contributed by atoms with Crippen molar-refractivity contribution in [2.45, 2.75) is 76.7 Å². The number of ether oxygens (including phenoxy) is 3. The summed E-state index contributed by atoms with van der Waals surface area (Å²) >= 11 is 7.58. The van der Waals surface area contributed by atoms with E-state index in [1.54, 1.807) is 12.2 Å². The van der Waals surface area contributed by atoms with Gasteiger partial charge in [-0.3, -0.25) is 40.1 Å². The number of aliphatic hydroxyl groups is 1. The Morgan fingerprint density at radius 1 is 0.960 bits per heavy atom. The molecule has 0 spiro atoms. The molecule has 0 bridgehead atoms. The second kappa shape index (κ2) is 16.7. The quantitative estimate of drug-likeness (QED) is 0.0557. The van der Waals surface area contributed by atoms with Gasteiger partial charge in [-0.15, -0.1) is 11.6 Å². The Bertz CT molecular complexity index is 1330. The lowest BCUT2D eigenvalue weighted by atomic mass is 9.43. The molecule has 0 aromatic rings. The number of esters is 1. The molecule has 8 atom stereocenters. The Morgan fingerprint density at radius 2 is 1.62 bits per heavy atom. The lowest BCUT2D eigenvalue weighted by Crippen LogP contribution is -2.67. The minimum Gasteiger partial charge on any atom is -0.456 e. The first-order chi connectivity index (χ1) is 23.5. The predicted octanol–water partition coefficient (Wildman–Crippen LogP) is 2.77. The van der Waals surface area contributed by atoms with Gasteiger partial charge in [0.25, 0.3) is 0 Å². The summed E-state index contributed by atoms with van der Waals surface area (Å²) in [5, 5.41) is 45.8. The van der Waals surface area contributed by atoms with E-state index in [1.807, 2.05) is 20.8 Å². The van der Waals surface area contributed by atoms with E-state index in [2.05, 4.69) is 9.68 Å². The van der Waals surface area contributed by atoms with E-state index >= 15 is 0 Å². The third kappa shape index (κ3) is 7.91. The molecular weight excluding hydrogens is 684 g/mol. The highest BCUT2D eigenvalue weighted by molar-refractivity contribution is 6.26. The first-order valence-electron chi connectivity index (χ1n) is 16.8. The van der Waals surface area contributed by atoms with Crippen molar-refractivity contribution in [1.29, 1.82) is 0 Å². The molecule has 16 nitrogen and oxygen atoms in total. The Hall–Kier alpha value is -2.19. The van der Waals surface area contributed by atoms with Gasteiger partial charge in [0.1, 0.15) is 12.4 Å². The fraction of sp³-hybridized carbons (Fsp3) is 0.758. The Labute approximate surface area is 295 Å². The number of hydrogen-bond donors (Lipinski definition) is 5. The number of hydrogen-bond acceptors (Lipinski definition) is 16. The van der Waals surface area contributed by atoms with Gasteiger partial charge in [-0.2, -0.15) is 0 Å². The summed E-state index contributed by atoms with van der Waals surface area (Å²) in [7, 11) is 0. The molecular formula is C33H49ClN2O14. The van der Waals surface area contributed by atoms with Crippen molar-refractivity contribution in [3.63, 3.8) is 0 Å². The first kappa shape index (κ1) is 40.6. The van der Waals surface area contributed by atoms with Crippen LogP contribution in [0.1, 0.15) is 65.7 Å². The molecule has 0 aromatic heterocycles. The number of carbonyl (C=O) groups is 4. The summed E-state index contributed by atoms with van der Waals surface area (Å²) in [6.07, 6.45) is 5.50. The van der Waals surface area contributed by atoms with Crippen molar-refractivity contribution < 1.29 is 69.0 Å². The molecule has 5 N–H and O–H groups in total. The van der Waals surface area contributed by atoms with Gasteiger partial charge in [0.15, 0.2) is 18.2 Å². The van der Waals surface area contributed by atoms with Crippen LogP contribution in [0.15, 0.2) is 23.8 Å². The van der Waals surface area contributed by atoms with Gasteiger partial charge in [0, 0.05) is 23.7 Å². The number of ketones is 3. The molecule has 0 heterocycles. The van der Waals surface area contributed by atoms with Crippen LogP contribution in [0.2, 0.25) is 0 Å². The molecule has 50 heavy (non-hydrogen) atoms. The van der Waals surface area contributed by atoms with Gasteiger partial charge in [0.2, 0.25) is 0 Å². The zero-order chi connectivity index (χ0) is 36.9. The Morgan fingerprint density at radius 3 is 2.32 bits per heavy atom. The monoisotopic (exact) mass is 732 g/mol. The van der Waals surface area contributed by atoms with E-state index in [4.69, 9.17) is 46.6 Å². The van der Waals surface area contributed by atoms with Crippen LogP contribution in [0.3, 0.4) is 0 Å². The van der Waals surface area contributed by atoms with Crippen LogP contribution in [0.5, 0.6) is 0 Å². The number of aliphatic hydroxyl groups excluding tert-OH is 1. The van der Waals surface area contributed by atoms with Crippen LogP contribution in [0.4, 0.5) is 0 Å². The molecule has 3 fully saturated rings. The maximum absolute atomic E-state index is 14.5. The lowest BCUT2D eigenvalue weighted by Gasteiger charge is -2.64. The maximum atomic E-state index is 14.5. The highest BCUT2D eigenvalue weighted by Gasteiger charge is 2.74. The topological polar surface area (TPSA) is 222 Å². The van der Waals surface area contributed by atoms with Crippen LogP contribution in [-0.4, -0.2) is 117 Å². The highest BCUT2D eigenvalue weighted by atomic mass is 35.5. The lowest BCUT2D eigenvalue weighted by molar-refractivity contribution is -0.493. The average molecular weight is 733 g/mol. The molecule has 4 aliphatic carbocycles. The van der Waals surface area contributed by atoms with E-state index < -0.39 is 63.0 Å². The number of rotatable bonds is 19. The van der Waals surface area contributed by atoms with Gasteiger partial charge in [0.05, 0.1) is 54.8 Å². The number of allylic oxidation sites excluding steroid dienone is 4. The van der Waals surface area contributed by atoms with Crippen molar-refractivity contribution in [3.05, 3.63) is 23.8 Å². The third-order valence-corrected chi connectivity index (χ3v) is 12.6. The predicted molar refractivity (Wildman–Crippen MR) is 169 cm³/mol. The molecule has 0 radical (unpaired) electrons. The Balaban J connectivity index is 1.52. The second-order valence-corrected chi connectivity index (χ2v) is 14.7. The van der Waals surface area contributed by atoms with Crippen LogP contribution >= 0.6 is 11.6 Å². The Kier molecular flexibility index (Phi) is 13.5. The summed E-state index contributed by atoms with van der Waals surface area (Å²) in [6.45, 7) is 4.50. The van der Waals surface area contributed by atoms with Gasteiger partial charge >= 0.3 is 5.97 Å². The van der Waals surface area contributed by atoms with Gasteiger partial charge in [-0.25, -0.2) is 9.63 Å². The van der Waals surface area contributed by atoms with E-state index in [0.29, 0.717) is 19.3 Å². The fourth-order valence-corrected chi connectivity index (χ4v) is 9.93. The van der Waals surface area contributed by atoms with Crippen LogP contribution < -0.4 is 0 Å². The number of Topliss-reactive ketones (excluding diaryl/α,β-unsaturated/α-hetero) is 2. The summed E-state index contributed by atoms with van der Waals surface area (Å²) in [6, 6.07) is 0. The molecule has 2 unspecified atom stereocenters. The maximum Gasteiger partial charge on any atom is 0.332 e. The molecule has 282 valence electrons. The van der Waals surface area contributed by atoms with Crippen LogP contribution in [0.25, 0.3) is 0 Å². The smallest absolute Gasteiger partial charge is 0.332 e. The minimum atomic E-state index is -1.33. The number of halogens is 1. The van der Waals surface area contributed by atoms with Crippen molar-refractivity contribution >= 4 is 34.9 Å². The molecule has 17 heteroatoms. The zero-order valence-electron chi connectivity index (χ0n) is 28.6. The second-order valence-electron chi connectivity index (χ2n) is 14.1. The SMILES string of the molecule is C[C@H]1CC2C3CCC4=CC(=O)C=C[C@]4(C)[C@@]3(Cl)[C@@H](O)C[C@]2(C)[C@@]1(CC(=O)CCCON(O)O)C(=O)COC(=O)COCCOCCON(O)O. The van der Waals surface area contributed by atoms with E-state index in [1.165, 1.54) is 6.08 Å². The van der Waals surface area contributed by atoms with Crippen molar-refractivity contribution in [2.75, 3.05) is 46.2 Å². The van der Waals surface area contributed by atoms with Crippen LogP contribution in [0, 0.1) is 34.0 Å². The van der Waals surface area contributed by atoms with Gasteiger partial charge < -0.3 is 19.3 Å². The van der Waals surface area contributed by atoms with Gasteiger partial charge in [-0.1, -0.05) is 32.4 Å². The summed E-state index contributed by atoms with van der Waals surface area (Å²) in [4.78, 5) is 60.7. The summed E-state index contributed by atoms with van der Waals surface area (Å²) < 4.78 is 15.8. The van der Waals surface area contributed by atoms with Crippen molar-refractivity contribution in [1.82, 2.24) is 10.8 Å². The molecule has 3 saturated carbocycles. The van der Waals surface area contributed by atoms with E-state index in [0.717, 1.165) is 5.57 Å². The number of carbonyl (C=O) groups excluding carboxylic acids is 4. The largest absolute Gasteiger partial charge is 0.456 e. The van der Waals surface area contributed by atoms with Gasteiger partial charge in [-0.05, 0) is 67.4 Å². The van der Waals surface area contributed by atoms with Crippen molar-refractivity contribution in [3.8, 4) is 0 Å². The molecule has 4 rings (SSSR count). The van der Waals surface area contributed by atoms with Crippen LogP contribution in [-0.2, 0) is 43.1 Å². The zero-order valence-corrected chi connectivity index (χ0v) is 29.4. The average Bonchev–Trinajstić information content (AvgIpc) is 3.26. The first-order valence-corrected chi connectivity index (χ1v) is 17.2. The minimum absolute atomic E-state index is 0.00684. The standard InChI is InChI=1S/C33H49ClN2O14/c1-21-15-26-25-7-6-22-16-23(37)8-9-30(22,2)33(25,34)27(39)18-31(26,3)32(21,17-24(38)5-4-10-49-35(42)43)28(40)19-48-29(41)20-47-12-11-46-13-14-50-36(44)45/h8-9,16,21,25-27,39,42-45H,4-7,10-15,17-20H2,1-3H3/t21-,25?,26?,27-,30-,31-,32+,33-/m0/s1. The fourth-order valence-electron chi connectivity index (χ4n) is 9.41. The van der Waals surface area contributed by atoms with Crippen molar-refractivity contribution in [2.24, 2.45) is 34.0 Å². The molecule has 4 aliphatic rings. The molecule has 0 amide bonds. The molecule has 0 saturated heterocycles. The summed E-state index contributed by atoms with van der Waals surface area (Å²) in [5.41, 5.74) is -2.20. The third-order valence-electron chi connectivity index (χ3n) is 11.7. The highest BCUT2D eigenvalue weighted by Crippen LogP contribution is 2.74. The van der Waals surface area contributed by atoms with E-state index in [9.17, 15) is 24.3 Å². The number of nitrogens with zero attached hydrogens (tertiary/aromatic N) is 2. The normalized spacial score (nSPS) is 34.7. The van der Waals surface area contributed by atoms with E-state index in [-0.39, 0.29) is 88.0 Å². The number of alkyl halides is 1. The summed E-state index contributed by atoms with van der Waals surface area (Å²) in [5.74, 6) is -2.47.